The Morgan fingerprint density at radius 2 is 1.82 bits per heavy atom. The SMILES string of the molecule is O=C(Nc1cnccc1O)c1cccc(NS(=O)(=O)c2ccc(Cl)c(Cl)c2)c1. The van der Waals surface area contributed by atoms with Gasteiger partial charge in [0.05, 0.1) is 21.1 Å². The van der Waals surface area contributed by atoms with Crippen molar-refractivity contribution in [2.24, 2.45) is 0 Å². The van der Waals surface area contributed by atoms with Crippen molar-refractivity contribution in [3.8, 4) is 5.75 Å². The van der Waals surface area contributed by atoms with Crippen molar-refractivity contribution in [1.29, 1.82) is 0 Å². The summed E-state index contributed by atoms with van der Waals surface area (Å²) in [5.41, 5.74) is 0.487. The Labute approximate surface area is 171 Å². The smallest absolute Gasteiger partial charge is 0.261 e. The number of halogens is 2. The number of carbonyl (C=O) groups is 1. The Kier molecular flexibility index (Phi) is 5.73. The number of sulfonamides is 1. The van der Waals surface area contributed by atoms with Gasteiger partial charge in [-0.15, -0.1) is 0 Å². The van der Waals surface area contributed by atoms with E-state index in [1.54, 1.807) is 0 Å². The van der Waals surface area contributed by atoms with E-state index in [2.05, 4.69) is 15.0 Å². The third-order valence-electron chi connectivity index (χ3n) is 3.62. The number of pyridine rings is 1. The second-order valence-electron chi connectivity index (χ2n) is 5.61. The molecule has 1 heterocycles. The molecule has 10 heteroatoms. The van der Waals surface area contributed by atoms with Gasteiger partial charge in [0.25, 0.3) is 15.9 Å². The van der Waals surface area contributed by atoms with Crippen LogP contribution in [0.5, 0.6) is 5.75 Å². The highest BCUT2D eigenvalue weighted by Gasteiger charge is 2.17. The van der Waals surface area contributed by atoms with E-state index in [0.29, 0.717) is 0 Å². The molecule has 1 amide bonds. The fraction of sp³-hybridized carbons (Fsp3) is 0. The summed E-state index contributed by atoms with van der Waals surface area (Å²) in [4.78, 5) is 16.1. The largest absolute Gasteiger partial charge is 0.506 e. The van der Waals surface area contributed by atoms with Crippen LogP contribution in [0, 0.1) is 0 Å². The molecule has 0 aliphatic heterocycles. The average Bonchev–Trinajstić information content (AvgIpc) is 2.65. The summed E-state index contributed by atoms with van der Waals surface area (Å²) >= 11 is 11.7. The first-order valence-electron chi connectivity index (χ1n) is 7.78. The van der Waals surface area contributed by atoms with Gasteiger partial charge in [0.15, 0.2) is 0 Å². The van der Waals surface area contributed by atoms with Crippen molar-refractivity contribution < 1.29 is 18.3 Å². The second kappa shape index (κ2) is 8.05. The number of aromatic nitrogens is 1. The van der Waals surface area contributed by atoms with Crippen molar-refractivity contribution in [2.45, 2.75) is 4.90 Å². The lowest BCUT2D eigenvalue weighted by molar-refractivity contribution is 0.102. The van der Waals surface area contributed by atoms with Crippen LogP contribution in [0.4, 0.5) is 11.4 Å². The van der Waals surface area contributed by atoms with Gasteiger partial charge in [-0.3, -0.25) is 14.5 Å². The summed E-state index contributed by atoms with van der Waals surface area (Å²) in [6.45, 7) is 0. The van der Waals surface area contributed by atoms with Gasteiger partial charge in [0, 0.05) is 23.5 Å². The Balaban J connectivity index is 1.82. The number of nitrogens with zero attached hydrogens (tertiary/aromatic N) is 1. The Bertz CT molecular complexity index is 1150. The zero-order valence-corrected chi connectivity index (χ0v) is 16.4. The second-order valence-corrected chi connectivity index (χ2v) is 8.11. The summed E-state index contributed by atoms with van der Waals surface area (Å²) < 4.78 is 27.4. The molecule has 0 atom stereocenters. The average molecular weight is 438 g/mol. The van der Waals surface area contributed by atoms with E-state index in [4.69, 9.17) is 23.2 Å². The standard InChI is InChI=1S/C18H13Cl2N3O4S/c19-14-5-4-13(9-15(14)20)28(26,27)23-12-3-1-2-11(8-12)18(25)22-16-10-21-7-6-17(16)24/h1-10,23H,(H,21,24)(H,22,25). The molecular formula is C18H13Cl2N3O4S. The number of anilines is 2. The maximum absolute atomic E-state index is 12.5. The van der Waals surface area contributed by atoms with Gasteiger partial charge in [-0.1, -0.05) is 29.3 Å². The summed E-state index contributed by atoms with van der Waals surface area (Å²) in [6.07, 6.45) is 2.67. The Morgan fingerprint density at radius 3 is 2.54 bits per heavy atom. The lowest BCUT2D eigenvalue weighted by Gasteiger charge is -2.11. The molecule has 0 saturated carbocycles. The summed E-state index contributed by atoms with van der Waals surface area (Å²) in [5.74, 6) is -0.682. The van der Waals surface area contributed by atoms with Gasteiger partial charge in [0.2, 0.25) is 0 Å². The van der Waals surface area contributed by atoms with E-state index in [9.17, 15) is 18.3 Å². The van der Waals surface area contributed by atoms with Crippen molar-refractivity contribution in [2.75, 3.05) is 10.0 Å². The number of hydrogen-bond donors (Lipinski definition) is 3. The van der Waals surface area contributed by atoms with Gasteiger partial charge >= 0.3 is 0 Å². The molecule has 0 bridgehead atoms. The Morgan fingerprint density at radius 1 is 1.04 bits per heavy atom. The maximum atomic E-state index is 12.5. The molecule has 0 radical (unpaired) electrons. The van der Waals surface area contributed by atoms with Crippen molar-refractivity contribution in [3.63, 3.8) is 0 Å². The molecule has 1 aromatic heterocycles. The minimum Gasteiger partial charge on any atom is -0.506 e. The van der Waals surface area contributed by atoms with Crippen molar-refractivity contribution in [1.82, 2.24) is 4.98 Å². The number of hydrogen-bond acceptors (Lipinski definition) is 5. The third kappa shape index (κ3) is 4.53. The molecule has 3 aromatic rings. The van der Waals surface area contributed by atoms with Crippen LogP contribution in [0.2, 0.25) is 10.0 Å². The molecule has 0 aliphatic carbocycles. The first kappa shape index (κ1) is 19.9. The van der Waals surface area contributed by atoms with Crippen LogP contribution in [0.3, 0.4) is 0 Å². The van der Waals surface area contributed by atoms with Crippen LogP contribution in [0.1, 0.15) is 10.4 Å². The van der Waals surface area contributed by atoms with Gasteiger partial charge in [-0.2, -0.15) is 0 Å². The summed E-state index contributed by atoms with van der Waals surface area (Å²) in [6, 6.07) is 11.1. The molecule has 0 saturated heterocycles. The highest BCUT2D eigenvalue weighted by molar-refractivity contribution is 7.92. The van der Waals surface area contributed by atoms with E-state index in [0.717, 1.165) is 0 Å². The highest BCUT2D eigenvalue weighted by Crippen LogP contribution is 2.26. The maximum Gasteiger partial charge on any atom is 0.261 e. The van der Waals surface area contributed by atoms with Crippen LogP contribution in [0.15, 0.2) is 65.8 Å². The van der Waals surface area contributed by atoms with Crippen LogP contribution >= 0.6 is 23.2 Å². The van der Waals surface area contributed by atoms with Gasteiger partial charge in [-0.25, -0.2) is 8.42 Å². The molecule has 144 valence electrons. The molecular weight excluding hydrogens is 425 g/mol. The molecule has 28 heavy (non-hydrogen) atoms. The molecule has 3 rings (SSSR count). The third-order valence-corrected chi connectivity index (χ3v) is 5.74. The van der Waals surface area contributed by atoms with E-state index >= 15 is 0 Å². The number of benzene rings is 2. The number of aromatic hydroxyl groups is 1. The zero-order valence-electron chi connectivity index (χ0n) is 14.1. The Hall–Kier alpha value is -2.81. The van der Waals surface area contributed by atoms with Crippen molar-refractivity contribution >= 4 is 50.5 Å². The first-order valence-corrected chi connectivity index (χ1v) is 10.0. The predicted molar refractivity (Wildman–Crippen MR) is 108 cm³/mol. The molecule has 0 spiro atoms. The van der Waals surface area contributed by atoms with Crippen LogP contribution < -0.4 is 10.0 Å². The van der Waals surface area contributed by atoms with Gasteiger partial charge < -0.3 is 10.4 Å². The van der Waals surface area contributed by atoms with Crippen LogP contribution in [-0.2, 0) is 10.0 Å². The van der Waals surface area contributed by atoms with Crippen LogP contribution in [0.25, 0.3) is 0 Å². The van der Waals surface area contributed by atoms with Crippen LogP contribution in [-0.4, -0.2) is 24.4 Å². The molecule has 2 aromatic carbocycles. The van der Waals surface area contributed by atoms with E-state index in [1.165, 1.54) is 60.9 Å². The molecule has 0 aliphatic rings. The van der Waals surface area contributed by atoms with Gasteiger partial charge in [-0.05, 0) is 36.4 Å². The fourth-order valence-electron chi connectivity index (χ4n) is 2.26. The van der Waals surface area contributed by atoms with Gasteiger partial charge in [0.1, 0.15) is 11.4 Å². The molecule has 0 unspecified atom stereocenters. The number of carbonyl (C=O) groups excluding carboxylic acids is 1. The minimum absolute atomic E-state index is 0.0722. The summed E-state index contributed by atoms with van der Waals surface area (Å²) in [5, 5.41) is 12.6. The number of amides is 1. The van der Waals surface area contributed by atoms with E-state index < -0.39 is 15.9 Å². The van der Waals surface area contributed by atoms with Crippen molar-refractivity contribution in [3.05, 3.63) is 76.5 Å². The summed E-state index contributed by atoms with van der Waals surface area (Å²) in [7, 11) is -3.94. The lowest BCUT2D eigenvalue weighted by atomic mass is 10.2. The quantitative estimate of drug-likeness (QED) is 0.555. The molecule has 3 N–H and O–H groups in total. The topological polar surface area (TPSA) is 108 Å². The highest BCUT2D eigenvalue weighted by atomic mass is 35.5. The number of rotatable bonds is 5. The fourth-order valence-corrected chi connectivity index (χ4v) is 3.70. The van der Waals surface area contributed by atoms with E-state index in [1.807, 2.05) is 0 Å². The number of nitrogens with one attached hydrogen (secondary N) is 2. The molecule has 0 fully saturated rings. The minimum atomic E-state index is -3.94. The lowest BCUT2D eigenvalue weighted by Crippen LogP contribution is -2.15. The predicted octanol–water partition coefficient (Wildman–Crippen LogP) is 4.15. The molecule has 7 nitrogen and oxygen atoms in total. The first-order chi connectivity index (χ1) is 13.3. The zero-order chi connectivity index (χ0) is 20.3. The monoisotopic (exact) mass is 437 g/mol. The van der Waals surface area contributed by atoms with E-state index in [-0.39, 0.29) is 37.6 Å². The normalized spacial score (nSPS) is 11.1.